The fourth-order valence-electron chi connectivity index (χ4n) is 2.07. The summed E-state index contributed by atoms with van der Waals surface area (Å²) in [7, 11) is 0. The summed E-state index contributed by atoms with van der Waals surface area (Å²) in [6.07, 6.45) is 1.55. The van der Waals surface area contributed by atoms with Gasteiger partial charge in [-0.25, -0.2) is 0 Å². The van der Waals surface area contributed by atoms with Crippen molar-refractivity contribution in [2.45, 2.75) is 13.5 Å². The van der Waals surface area contributed by atoms with E-state index in [1.807, 2.05) is 31.2 Å². The maximum atomic E-state index is 5.52. The lowest BCUT2D eigenvalue weighted by Crippen LogP contribution is -2.04. The summed E-state index contributed by atoms with van der Waals surface area (Å²) in [5.41, 5.74) is 2.08. The first-order valence-electron chi connectivity index (χ1n) is 6.99. The molecule has 0 amide bonds. The number of rotatable bonds is 4. The van der Waals surface area contributed by atoms with Crippen molar-refractivity contribution >= 4 is 0 Å². The van der Waals surface area contributed by atoms with Gasteiger partial charge in [0.15, 0.2) is 5.76 Å². The Bertz CT molecular complexity index is 908. The minimum Gasteiger partial charge on any atom is -0.459 e. The van der Waals surface area contributed by atoms with Gasteiger partial charge in [-0.15, -0.1) is 20.4 Å². The predicted octanol–water partition coefficient (Wildman–Crippen LogP) is 2.34. The first-order chi connectivity index (χ1) is 11.3. The molecule has 0 atom stereocenters. The van der Waals surface area contributed by atoms with Crippen LogP contribution in [0.4, 0.5) is 0 Å². The predicted molar refractivity (Wildman–Crippen MR) is 79.1 cm³/mol. The molecule has 1 aromatic carbocycles. The topological polar surface area (TPSA) is 95.7 Å². The standard InChI is InChI=1S/C15H12N6O2/c1-10-4-6-11(7-5-10)14-17-20-21(19-14)9-13-16-18-15(23-13)12-3-2-8-22-12/h2-8H,9H2,1H3. The fraction of sp³-hybridized carbons (Fsp3) is 0.133. The second-order valence-corrected chi connectivity index (χ2v) is 4.99. The largest absolute Gasteiger partial charge is 0.459 e. The van der Waals surface area contributed by atoms with Crippen LogP contribution in [0.5, 0.6) is 0 Å². The minimum atomic E-state index is 0.243. The van der Waals surface area contributed by atoms with E-state index in [-0.39, 0.29) is 6.54 Å². The molecule has 3 aromatic heterocycles. The molecule has 0 unspecified atom stereocenters. The Kier molecular flexibility index (Phi) is 3.19. The lowest BCUT2D eigenvalue weighted by atomic mass is 10.1. The Labute approximate surface area is 130 Å². The van der Waals surface area contributed by atoms with Crippen molar-refractivity contribution < 1.29 is 8.83 Å². The third kappa shape index (κ3) is 2.73. The summed E-state index contributed by atoms with van der Waals surface area (Å²) in [6, 6.07) is 11.4. The lowest BCUT2D eigenvalue weighted by molar-refractivity contribution is 0.436. The van der Waals surface area contributed by atoms with Gasteiger partial charge in [-0.3, -0.25) is 0 Å². The van der Waals surface area contributed by atoms with Crippen molar-refractivity contribution in [2.75, 3.05) is 0 Å². The molecule has 0 N–H and O–H groups in total. The van der Waals surface area contributed by atoms with Gasteiger partial charge >= 0.3 is 0 Å². The van der Waals surface area contributed by atoms with Crippen molar-refractivity contribution in [3.63, 3.8) is 0 Å². The van der Waals surface area contributed by atoms with Gasteiger partial charge in [-0.05, 0) is 24.3 Å². The van der Waals surface area contributed by atoms with Crippen LogP contribution >= 0.6 is 0 Å². The van der Waals surface area contributed by atoms with Gasteiger partial charge in [0.2, 0.25) is 11.7 Å². The molecule has 0 radical (unpaired) electrons. The first kappa shape index (κ1) is 13.4. The number of hydrogen-bond acceptors (Lipinski definition) is 7. The van der Waals surface area contributed by atoms with Crippen LogP contribution in [0.15, 0.2) is 51.5 Å². The van der Waals surface area contributed by atoms with Gasteiger partial charge in [-0.1, -0.05) is 29.8 Å². The molecule has 0 aliphatic rings. The zero-order chi connectivity index (χ0) is 15.6. The van der Waals surface area contributed by atoms with Crippen LogP contribution < -0.4 is 0 Å². The molecule has 3 heterocycles. The zero-order valence-electron chi connectivity index (χ0n) is 12.2. The van der Waals surface area contributed by atoms with Crippen molar-refractivity contribution in [1.82, 2.24) is 30.4 Å². The summed E-state index contributed by atoms with van der Waals surface area (Å²) < 4.78 is 10.7. The summed E-state index contributed by atoms with van der Waals surface area (Å²) in [6.45, 7) is 2.27. The highest BCUT2D eigenvalue weighted by molar-refractivity contribution is 5.54. The molecule has 0 aliphatic carbocycles. The number of benzene rings is 1. The number of nitrogens with zero attached hydrogens (tertiary/aromatic N) is 6. The number of tetrazole rings is 1. The monoisotopic (exact) mass is 308 g/mol. The highest BCUT2D eigenvalue weighted by atomic mass is 16.4. The van der Waals surface area contributed by atoms with E-state index in [9.17, 15) is 0 Å². The second kappa shape index (κ2) is 5.48. The highest BCUT2D eigenvalue weighted by Gasteiger charge is 2.13. The maximum absolute atomic E-state index is 5.52. The van der Waals surface area contributed by atoms with E-state index in [0.29, 0.717) is 23.4 Å². The molecule has 4 rings (SSSR count). The Morgan fingerprint density at radius 1 is 1.04 bits per heavy atom. The van der Waals surface area contributed by atoms with Gasteiger partial charge in [0.05, 0.1) is 6.26 Å². The number of aryl methyl sites for hydroxylation is 1. The SMILES string of the molecule is Cc1ccc(-c2nnn(Cc3nnc(-c4ccco4)o3)n2)cc1. The lowest BCUT2D eigenvalue weighted by Gasteiger charge is -1.95. The van der Waals surface area contributed by atoms with Gasteiger partial charge in [0.25, 0.3) is 5.89 Å². The normalized spacial score (nSPS) is 11.0. The third-order valence-electron chi connectivity index (χ3n) is 3.24. The summed E-state index contributed by atoms with van der Waals surface area (Å²) >= 11 is 0. The van der Waals surface area contributed by atoms with E-state index < -0.39 is 0 Å². The molecule has 0 saturated heterocycles. The molecule has 4 aromatic rings. The Balaban J connectivity index is 1.53. The Hall–Kier alpha value is -3.29. The molecular formula is C15H12N6O2. The molecule has 0 aliphatic heterocycles. The molecule has 23 heavy (non-hydrogen) atoms. The quantitative estimate of drug-likeness (QED) is 0.571. The van der Waals surface area contributed by atoms with Gasteiger partial charge in [0.1, 0.15) is 6.54 Å². The van der Waals surface area contributed by atoms with E-state index in [2.05, 4.69) is 25.6 Å². The minimum absolute atomic E-state index is 0.243. The number of furan rings is 1. The molecule has 0 spiro atoms. The maximum Gasteiger partial charge on any atom is 0.283 e. The summed E-state index contributed by atoms with van der Waals surface area (Å²) in [5, 5.41) is 20.3. The van der Waals surface area contributed by atoms with Crippen molar-refractivity contribution in [3.05, 3.63) is 54.1 Å². The highest BCUT2D eigenvalue weighted by Crippen LogP contribution is 2.18. The average molecular weight is 308 g/mol. The third-order valence-corrected chi connectivity index (χ3v) is 3.24. The van der Waals surface area contributed by atoms with E-state index in [4.69, 9.17) is 8.83 Å². The van der Waals surface area contributed by atoms with E-state index in [0.717, 1.165) is 5.56 Å². The van der Waals surface area contributed by atoms with Crippen LogP contribution in [0.2, 0.25) is 0 Å². The number of aromatic nitrogens is 6. The van der Waals surface area contributed by atoms with Crippen LogP contribution in [0.1, 0.15) is 11.5 Å². The molecule has 8 heteroatoms. The first-order valence-corrected chi connectivity index (χ1v) is 6.99. The van der Waals surface area contributed by atoms with Crippen LogP contribution in [-0.4, -0.2) is 30.4 Å². The van der Waals surface area contributed by atoms with Crippen LogP contribution in [0.25, 0.3) is 23.0 Å². The Morgan fingerprint density at radius 3 is 2.70 bits per heavy atom. The summed E-state index contributed by atoms with van der Waals surface area (Å²) in [5.74, 6) is 1.78. The number of hydrogen-bond donors (Lipinski definition) is 0. The average Bonchev–Trinajstić information content (AvgIpc) is 3.29. The van der Waals surface area contributed by atoms with E-state index >= 15 is 0 Å². The van der Waals surface area contributed by atoms with Crippen LogP contribution in [0.3, 0.4) is 0 Å². The molecule has 0 fully saturated rings. The molecule has 0 bridgehead atoms. The van der Waals surface area contributed by atoms with Gasteiger partial charge < -0.3 is 8.83 Å². The van der Waals surface area contributed by atoms with Crippen LogP contribution in [0, 0.1) is 6.92 Å². The van der Waals surface area contributed by atoms with Gasteiger partial charge in [-0.2, -0.15) is 4.80 Å². The Morgan fingerprint density at radius 2 is 1.91 bits per heavy atom. The molecular weight excluding hydrogens is 296 g/mol. The summed E-state index contributed by atoms with van der Waals surface area (Å²) in [4.78, 5) is 1.41. The van der Waals surface area contributed by atoms with Gasteiger partial charge in [0, 0.05) is 5.56 Å². The van der Waals surface area contributed by atoms with Crippen molar-refractivity contribution in [1.29, 1.82) is 0 Å². The smallest absolute Gasteiger partial charge is 0.283 e. The fourth-order valence-corrected chi connectivity index (χ4v) is 2.07. The van der Waals surface area contributed by atoms with Crippen molar-refractivity contribution in [3.8, 4) is 23.0 Å². The molecule has 0 saturated carbocycles. The van der Waals surface area contributed by atoms with Crippen molar-refractivity contribution in [2.24, 2.45) is 0 Å². The van der Waals surface area contributed by atoms with E-state index in [1.165, 1.54) is 10.4 Å². The molecule has 8 nitrogen and oxygen atoms in total. The molecule has 114 valence electrons. The van der Waals surface area contributed by atoms with E-state index in [1.54, 1.807) is 18.4 Å². The van der Waals surface area contributed by atoms with Crippen LogP contribution in [-0.2, 0) is 6.54 Å². The second-order valence-electron chi connectivity index (χ2n) is 4.99. The zero-order valence-corrected chi connectivity index (χ0v) is 12.2.